The Morgan fingerprint density at radius 1 is 1.37 bits per heavy atom. The molecule has 1 aliphatic rings. The van der Waals surface area contributed by atoms with Crippen molar-refractivity contribution in [3.05, 3.63) is 22.5 Å². The van der Waals surface area contributed by atoms with Gasteiger partial charge in [-0.3, -0.25) is 18.5 Å². The van der Waals surface area contributed by atoms with Crippen LogP contribution in [0.5, 0.6) is 11.8 Å². The number of anilines is 1. The number of nitrogens with two attached hydrogens (primary N) is 1. The zero-order valence-electron chi connectivity index (χ0n) is 24.2. The number of nitrogens with one attached hydrogen (secondary N) is 2. The Balaban J connectivity index is 1.56. The molecule has 3 aromatic rings. The lowest BCUT2D eigenvalue weighted by atomic mass is 9.96. The van der Waals surface area contributed by atoms with Crippen LogP contribution in [-0.4, -0.2) is 94.0 Å². The van der Waals surface area contributed by atoms with Crippen molar-refractivity contribution in [2.75, 3.05) is 19.5 Å². The molecule has 6 unspecified atom stereocenters. The standard InChI is InChI=1S/C23H35N8O10PS/c1-10(2)40-19(34)11(3)29-42(37,43-8-12-18(33)30(5)22(35)26-12)39-7-13-15(32)23(4,36)20(41-13)31-9-25-14-16(31)27-21(24)28-17(14)38-6/h9-11,13,15,20,32-33,36H,7-8H2,1-6H3,(H,26,35)(H,29,37)(H2,24,27,28). The Morgan fingerprint density at radius 3 is 2.67 bits per heavy atom. The summed E-state index contributed by atoms with van der Waals surface area (Å²) in [6.07, 6.45) is -3.14. The minimum atomic E-state index is -4.04. The normalized spacial score (nSPS) is 24.3. The van der Waals surface area contributed by atoms with Crippen molar-refractivity contribution in [2.24, 2.45) is 7.05 Å². The van der Waals surface area contributed by atoms with Gasteiger partial charge in [0.15, 0.2) is 17.4 Å². The van der Waals surface area contributed by atoms with Gasteiger partial charge in [-0.1, -0.05) is 0 Å². The van der Waals surface area contributed by atoms with E-state index in [4.69, 9.17) is 24.5 Å². The highest BCUT2D eigenvalue weighted by Crippen LogP contribution is 2.58. The quantitative estimate of drug-likeness (QED) is 0.113. The molecule has 20 heteroatoms. The number of methoxy groups -OCH3 is 1. The number of aromatic amines is 1. The summed E-state index contributed by atoms with van der Waals surface area (Å²) in [7, 11) is 2.73. The van der Waals surface area contributed by atoms with Crippen LogP contribution in [0, 0.1) is 0 Å². The van der Waals surface area contributed by atoms with Gasteiger partial charge in [-0.05, 0) is 39.1 Å². The molecular formula is C23H35N8O10PS. The van der Waals surface area contributed by atoms with Crippen molar-refractivity contribution in [2.45, 2.75) is 69.6 Å². The lowest BCUT2D eigenvalue weighted by molar-refractivity contribution is -0.149. The number of aromatic hydroxyl groups is 1. The fourth-order valence-electron chi connectivity index (χ4n) is 4.32. The number of hydrogen-bond acceptors (Lipinski definition) is 15. The Kier molecular flexibility index (Phi) is 9.46. The first-order chi connectivity index (χ1) is 20.1. The van der Waals surface area contributed by atoms with E-state index in [1.807, 2.05) is 0 Å². The fraction of sp³-hybridized carbons (Fsp3) is 0.609. The number of nitrogen functional groups attached to an aromatic ring is 1. The van der Waals surface area contributed by atoms with Gasteiger partial charge in [0.2, 0.25) is 17.7 Å². The van der Waals surface area contributed by atoms with Crippen molar-refractivity contribution in [3.63, 3.8) is 0 Å². The number of hydrogen-bond donors (Lipinski definition) is 6. The van der Waals surface area contributed by atoms with Gasteiger partial charge in [-0.2, -0.15) is 9.97 Å². The molecule has 0 amide bonds. The van der Waals surface area contributed by atoms with E-state index in [1.165, 1.54) is 38.9 Å². The molecule has 1 saturated heterocycles. The zero-order valence-corrected chi connectivity index (χ0v) is 26.0. The molecule has 0 bridgehead atoms. The third-order valence-corrected chi connectivity index (χ3v) is 10.6. The summed E-state index contributed by atoms with van der Waals surface area (Å²) in [4.78, 5) is 39.1. The van der Waals surface area contributed by atoms with Crippen molar-refractivity contribution in [3.8, 4) is 11.8 Å². The van der Waals surface area contributed by atoms with Crippen LogP contribution >= 0.6 is 18.1 Å². The van der Waals surface area contributed by atoms with Crippen LogP contribution < -0.4 is 21.2 Å². The molecule has 4 heterocycles. The van der Waals surface area contributed by atoms with Crippen LogP contribution in [-0.2, 0) is 36.2 Å². The average Bonchev–Trinajstić information content (AvgIpc) is 3.53. The van der Waals surface area contributed by atoms with Crippen molar-refractivity contribution >= 4 is 41.2 Å². The molecule has 0 saturated carbocycles. The van der Waals surface area contributed by atoms with Gasteiger partial charge in [0.1, 0.15) is 23.9 Å². The van der Waals surface area contributed by atoms with Gasteiger partial charge in [0, 0.05) is 12.8 Å². The third kappa shape index (κ3) is 6.67. The lowest BCUT2D eigenvalue weighted by Gasteiger charge is -2.27. The summed E-state index contributed by atoms with van der Waals surface area (Å²) in [6.45, 7) is 1.52. The highest BCUT2D eigenvalue weighted by molar-refractivity contribution is 8.55. The molecule has 1 fully saturated rings. The highest BCUT2D eigenvalue weighted by Gasteiger charge is 2.54. The molecule has 238 valence electrons. The second kappa shape index (κ2) is 12.4. The van der Waals surface area contributed by atoms with Gasteiger partial charge in [0.25, 0.3) is 0 Å². The SMILES string of the molecule is COc1nc(N)nc2c1ncn2C1OC(COP(=O)(NC(C)C(=O)OC(C)C)SCc2[nH]c(=O)n(C)c2O)C(O)C1(C)O. The number of H-pyrrole nitrogens is 1. The van der Waals surface area contributed by atoms with E-state index in [9.17, 15) is 29.5 Å². The minimum Gasteiger partial charge on any atom is -0.493 e. The molecule has 7 N–H and O–H groups in total. The molecule has 0 aliphatic carbocycles. The van der Waals surface area contributed by atoms with Gasteiger partial charge in [0.05, 0.1) is 31.8 Å². The first-order valence-corrected chi connectivity index (χ1v) is 16.2. The number of nitrogens with zero attached hydrogens (tertiary/aromatic N) is 5. The molecule has 0 aromatic carbocycles. The first kappa shape index (κ1) is 32.7. The predicted molar refractivity (Wildman–Crippen MR) is 153 cm³/mol. The van der Waals surface area contributed by atoms with Gasteiger partial charge in [-0.25, -0.2) is 14.9 Å². The number of carbonyl (C=O) groups is 1. The number of fused-ring (bicyclic) bond motifs is 1. The lowest BCUT2D eigenvalue weighted by Crippen LogP contribution is -2.44. The van der Waals surface area contributed by atoms with Crippen LogP contribution in [0.3, 0.4) is 0 Å². The zero-order chi connectivity index (χ0) is 31.9. The van der Waals surface area contributed by atoms with Crippen LogP contribution in [0.15, 0.2) is 11.1 Å². The number of aromatic nitrogens is 6. The predicted octanol–water partition coefficient (Wildman–Crippen LogP) is 0.147. The van der Waals surface area contributed by atoms with Crippen LogP contribution in [0.4, 0.5) is 5.95 Å². The number of rotatable bonds is 12. The molecule has 0 spiro atoms. The number of ether oxygens (including phenoxy) is 3. The van der Waals surface area contributed by atoms with Crippen LogP contribution in [0.1, 0.15) is 39.6 Å². The maximum atomic E-state index is 14.0. The van der Waals surface area contributed by atoms with E-state index in [0.29, 0.717) is 11.4 Å². The number of imidazole rings is 2. The molecular weight excluding hydrogens is 611 g/mol. The van der Waals surface area contributed by atoms with Gasteiger partial charge >= 0.3 is 18.4 Å². The van der Waals surface area contributed by atoms with E-state index in [2.05, 4.69) is 25.0 Å². The van der Waals surface area contributed by atoms with E-state index < -0.39 is 61.2 Å². The molecule has 18 nitrogen and oxygen atoms in total. The average molecular weight is 647 g/mol. The van der Waals surface area contributed by atoms with E-state index in [1.54, 1.807) is 13.8 Å². The first-order valence-electron chi connectivity index (χ1n) is 13.0. The summed E-state index contributed by atoms with van der Waals surface area (Å²) >= 11 is 0.680. The minimum absolute atomic E-state index is 0.0735. The van der Waals surface area contributed by atoms with Crippen LogP contribution in [0.2, 0.25) is 0 Å². The summed E-state index contributed by atoms with van der Waals surface area (Å²) in [5, 5.41) is 35.1. The van der Waals surface area contributed by atoms with E-state index in [-0.39, 0.29) is 40.3 Å². The number of esters is 1. The number of aliphatic hydroxyl groups is 2. The van der Waals surface area contributed by atoms with Crippen molar-refractivity contribution < 1.29 is 43.4 Å². The molecule has 0 radical (unpaired) electrons. The van der Waals surface area contributed by atoms with E-state index >= 15 is 0 Å². The van der Waals surface area contributed by atoms with Crippen molar-refractivity contribution in [1.82, 2.24) is 34.2 Å². The maximum Gasteiger partial charge on any atom is 0.328 e. The fourth-order valence-corrected chi connectivity index (χ4v) is 7.97. The Labute approximate surface area is 249 Å². The molecule has 3 aromatic heterocycles. The Morgan fingerprint density at radius 2 is 2.07 bits per heavy atom. The van der Waals surface area contributed by atoms with Gasteiger partial charge in [-0.15, -0.1) is 0 Å². The Hall–Kier alpha value is -3.19. The largest absolute Gasteiger partial charge is 0.493 e. The van der Waals surface area contributed by atoms with Crippen LogP contribution in [0.25, 0.3) is 11.2 Å². The third-order valence-electron chi connectivity index (χ3n) is 6.60. The molecule has 4 rings (SSSR count). The summed E-state index contributed by atoms with van der Waals surface area (Å²) < 4.78 is 38.4. The summed E-state index contributed by atoms with van der Waals surface area (Å²) in [6, 6.07) is -1.09. The summed E-state index contributed by atoms with van der Waals surface area (Å²) in [5.74, 6) is -1.27. The summed E-state index contributed by atoms with van der Waals surface area (Å²) in [5.41, 5.74) is 3.77. The topological polar surface area (TPSA) is 251 Å². The monoisotopic (exact) mass is 646 g/mol. The maximum absolute atomic E-state index is 14.0. The van der Waals surface area contributed by atoms with Gasteiger partial charge < -0.3 is 44.8 Å². The smallest absolute Gasteiger partial charge is 0.328 e. The molecule has 1 aliphatic heterocycles. The number of aliphatic hydroxyl groups excluding tert-OH is 1. The highest BCUT2D eigenvalue weighted by atomic mass is 32.7. The van der Waals surface area contributed by atoms with E-state index in [0.717, 1.165) is 4.57 Å². The molecule has 43 heavy (non-hydrogen) atoms. The second-order valence-corrected chi connectivity index (χ2v) is 14.6. The second-order valence-electron chi connectivity index (χ2n) is 10.3. The Bertz CT molecular complexity index is 1590. The molecule has 6 atom stereocenters. The number of carbonyl (C=O) groups excluding carboxylic acids is 1. The van der Waals surface area contributed by atoms with Crippen molar-refractivity contribution in [1.29, 1.82) is 0 Å².